The minimum Gasteiger partial charge on any atom is -0.493 e. The fourth-order valence-electron chi connectivity index (χ4n) is 4.51. The molecule has 0 bridgehead atoms. The van der Waals surface area contributed by atoms with Gasteiger partial charge in [-0.25, -0.2) is 0 Å². The first-order valence-electron chi connectivity index (χ1n) is 11.8. The van der Waals surface area contributed by atoms with Crippen molar-refractivity contribution in [2.45, 2.75) is 6.42 Å². The van der Waals surface area contributed by atoms with Gasteiger partial charge in [0.05, 0.1) is 6.61 Å². The van der Waals surface area contributed by atoms with Crippen molar-refractivity contribution in [1.82, 2.24) is 0 Å². The molecule has 37 heavy (non-hydrogen) atoms. The van der Waals surface area contributed by atoms with Gasteiger partial charge in [0.25, 0.3) is 0 Å². The van der Waals surface area contributed by atoms with Crippen LogP contribution in [0.2, 0.25) is 0 Å². The van der Waals surface area contributed by atoms with Gasteiger partial charge in [0.15, 0.2) is 0 Å². The number of hydrogen-bond donors (Lipinski definition) is 0. The third-order valence-corrected chi connectivity index (χ3v) is 6.19. The van der Waals surface area contributed by atoms with E-state index in [1.807, 2.05) is 97.1 Å². The average Bonchev–Trinajstić information content (AvgIpc) is 3.29. The summed E-state index contributed by atoms with van der Waals surface area (Å²) in [6.45, 7) is 0.433. The molecule has 0 saturated heterocycles. The van der Waals surface area contributed by atoms with Crippen molar-refractivity contribution in [2.24, 2.45) is 0 Å². The minimum atomic E-state index is -0.392. The van der Waals surface area contributed by atoms with E-state index < -0.39 is 5.78 Å². The summed E-state index contributed by atoms with van der Waals surface area (Å²) in [7, 11) is 0. The summed E-state index contributed by atoms with van der Waals surface area (Å²) in [5.41, 5.74) is 5.35. The Hall–Kier alpha value is -5.37. The van der Waals surface area contributed by atoms with Crippen molar-refractivity contribution in [2.75, 3.05) is 6.61 Å². The summed E-state index contributed by atoms with van der Waals surface area (Å²) in [6, 6.07) is 34.3. The molecular weight excluding hydrogens is 456 g/mol. The first-order valence-corrected chi connectivity index (χ1v) is 11.8. The Labute approximate surface area is 215 Å². The molecule has 0 heterocycles. The Morgan fingerprint density at radius 2 is 1.38 bits per heavy atom. The molecule has 0 atom stereocenters. The summed E-state index contributed by atoms with van der Waals surface area (Å²) in [6.07, 6.45) is 0.713. The molecule has 174 valence electrons. The largest absolute Gasteiger partial charge is 0.493 e. The van der Waals surface area contributed by atoms with E-state index in [0.717, 1.165) is 22.3 Å². The predicted molar refractivity (Wildman–Crippen MR) is 142 cm³/mol. The molecule has 4 aromatic carbocycles. The van der Waals surface area contributed by atoms with Gasteiger partial charge in [0.2, 0.25) is 5.78 Å². The molecular formula is C33H20N2O2. The number of nitriles is 2. The van der Waals surface area contributed by atoms with Crippen LogP contribution >= 0.6 is 0 Å². The molecule has 1 aliphatic rings. The van der Waals surface area contributed by atoms with E-state index in [0.29, 0.717) is 41.0 Å². The van der Waals surface area contributed by atoms with Crippen LogP contribution in [0.4, 0.5) is 0 Å². The highest BCUT2D eigenvalue weighted by Crippen LogP contribution is 2.51. The number of ether oxygens (including phenoxy) is 1. The molecule has 4 heteroatoms. The number of ketones is 1. The molecule has 0 N–H and O–H groups in total. The van der Waals surface area contributed by atoms with Crippen LogP contribution in [0.3, 0.4) is 0 Å². The number of allylic oxidation sites excluding steroid dienone is 1. The van der Waals surface area contributed by atoms with Gasteiger partial charge in [-0.1, -0.05) is 78.7 Å². The van der Waals surface area contributed by atoms with Gasteiger partial charge in [0.1, 0.15) is 23.5 Å². The molecule has 0 saturated carbocycles. The van der Waals surface area contributed by atoms with Gasteiger partial charge in [-0.2, -0.15) is 10.5 Å². The standard InChI is InChI=1S/C33H20N2O2/c34-21-25(22-35)31-26-13-7-8-14-27(26)32-30(37-20-19-24-11-5-2-6-12-24)18-16-28(33(31)32)29(36)17-15-23-9-3-1-4-10-23/h1-14,16,18H,19-20H2. The summed E-state index contributed by atoms with van der Waals surface area (Å²) < 4.78 is 6.23. The van der Waals surface area contributed by atoms with Gasteiger partial charge in [-0.3, -0.25) is 4.79 Å². The predicted octanol–water partition coefficient (Wildman–Crippen LogP) is 6.37. The summed E-state index contributed by atoms with van der Waals surface area (Å²) in [5, 5.41) is 19.6. The van der Waals surface area contributed by atoms with Crippen molar-refractivity contribution in [1.29, 1.82) is 10.5 Å². The molecule has 4 aromatic rings. The Balaban J connectivity index is 1.63. The Bertz CT molecular complexity index is 1660. The zero-order chi connectivity index (χ0) is 25.6. The smallest absolute Gasteiger partial charge is 0.236 e. The second-order valence-electron chi connectivity index (χ2n) is 8.41. The highest BCUT2D eigenvalue weighted by molar-refractivity contribution is 6.18. The number of carbonyl (C=O) groups is 1. The van der Waals surface area contributed by atoms with E-state index in [2.05, 4.69) is 11.8 Å². The summed E-state index contributed by atoms with van der Waals surface area (Å²) in [5.74, 6) is 5.85. The number of rotatable bonds is 5. The second kappa shape index (κ2) is 10.5. The van der Waals surface area contributed by atoms with Crippen LogP contribution < -0.4 is 4.74 Å². The van der Waals surface area contributed by atoms with Crippen LogP contribution in [-0.4, -0.2) is 12.4 Å². The van der Waals surface area contributed by atoms with Gasteiger partial charge < -0.3 is 4.74 Å². The molecule has 0 radical (unpaired) electrons. The number of fused-ring (bicyclic) bond motifs is 3. The van der Waals surface area contributed by atoms with Crippen molar-refractivity contribution in [3.05, 3.63) is 130 Å². The SMILES string of the molecule is N#CC(C#N)=C1c2ccccc2-c2c(OCCc3ccccc3)ccc(C(=O)C#Cc3ccccc3)c21. The van der Waals surface area contributed by atoms with Crippen LogP contribution in [0.1, 0.15) is 32.6 Å². The van der Waals surface area contributed by atoms with E-state index in [-0.39, 0.29) is 5.57 Å². The van der Waals surface area contributed by atoms with E-state index in [9.17, 15) is 15.3 Å². The molecule has 5 rings (SSSR count). The van der Waals surface area contributed by atoms with Crippen LogP contribution in [0.5, 0.6) is 5.75 Å². The van der Waals surface area contributed by atoms with Crippen LogP contribution in [0.25, 0.3) is 16.7 Å². The van der Waals surface area contributed by atoms with Gasteiger partial charge in [-0.05, 0) is 46.9 Å². The van der Waals surface area contributed by atoms with Crippen LogP contribution in [-0.2, 0) is 6.42 Å². The highest BCUT2D eigenvalue weighted by Gasteiger charge is 2.33. The third-order valence-electron chi connectivity index (χ3n) is 6.19. The number of Topliss-reactive ketones (excluding diaryl/α,β-unsaturated/α-hetero) is 1. The molecule has 1 aliphatic carbocycles. The van der Waals surface area contributed by atoms with Crippen LogP contribution in [0.15, 0.2) is 103 Å². The van der Waals surface area contributed by atoms with E-state index >= 15 is 0 Å². The number of nitrogens with zero attached hydrogens (tertiary/aromatic N) is 2. The zero-order valence-electron chi connectivity index (χ0n) is 19.9. The fourth-order valence-corrected chi connectivity index (χ4v) is 4.51. The third kappa shape index (κ3) is 4.63. The average molecular weight is 477 g/mol. The normalized spacial score (nSPS) is 10.7. The molecule has 4 nitrogen and oxygen atoms in total. The van der Waals surface area contributed by atoms with Crippen molar-refractivity contribution >= 4 is 11.4 Å². The Morgan fingerprint density at radius 3 is 2.08 bits per heavy atom. The molecule has 0 spiro atoms. The Morgan fingerprint density at radius 1 is 0.730 bits per heavy atom. The van der Waals surface area contributed by atoms with E-state index in [1.54, 1.807) is 12.1 Å². The van der Waals surface area contributed by atoms with Gasteiger partial charge in [0, 0.05) is 34.2 Å². The van der Waals surface area contributed by atoms with Gasteiger partial charge in [-0.15, -0.1) is 0 Å². The number of benzene rings is 4. The second-order valence-corrected chi connectivity index (χ2v) is 8.41. The first kappa shape index (κ1) is 23.4. The lowest BCUT2D eigenvalue weighted by molar-refractivity contribution is 0.105. The van der Waals surface area contributed by atoms with E-state index in [4.69, 9.17) is 4.74 Å². The lowest BCUT2D eigenvalue weighted by Gasteiger charge is -2.14. The molecule has 0 fully saturated rings. The maximum Gasteiger partial charge on any atom is 0.236 e. The van der Waals surface area contributed by atoms with Gasteiger partial charge >= 0.3 is 0 Å². The molecule has 0 unspecified atom stereocenters. The van der Waals surface area contributed by atoms with E-state index in [1.165, 1.54) is 0 Å². The van der Waals surface area contributed by atoms with Crippen LogP contribution in [0, 0.1) is 34.5 Å². The molecule has 0 aromatic heterocycles. The summed E-state index contributed by atoms with van der Waals surface area (Å²) in [4.78, 5) is 13.4. The highest BCUT2D eigenvalue weighted by atomic mass is 16.5. The molecule has 0 amide bonds. The first-order chi connectivity index (χ1) is 18.2. The minimum absolute atomic E-state index is 0.0577. The molecule has 0 aliphatic heterocycles. The fraction of sp³-hybridized carbons (Fsp3) is 0.0606. The number of hydrogen-bond acceptors (Lipinski definition) is 4. The quantitative estimate of drug-likeness (QED) is 0.168. The zero-order valence-corrected chi connectivity index (χ0v) is 19.9. The summed E-state index contributed by atoms with van der Waals surface area (Å²) >= 11 is 0. The monoisotopic (exact) mass is 476 g/mol. The number of carbonyl (C=O) groups excluding carboxylic acids is 1. The van der Waals surface area contributed by atoms with Crippen molar-refractivity contribution < 1.29 is 9.53 Å². The maximum atomic E-state index is 13.4. The van der Waals surface area contributed by atoms with Crippen molar-refractivity contribution in [3.63, 3.8) is 0 Å². The van der Waals surface area contributed by atoms with Crippen molar-refractivity contribution in [3.8, 4) is 40.9 Å². The lowest BCUT2D eigenvalue weighted by atomic mass is 9.92. The Kier molecular flexibility index (Phi) is 6.63. The topological polar surface area (TPSA) is 73.9 Å². The lowest BCUT2D eigenvalue weighted by Crippen LogP contribution is -2.06. The maximum absolute atomic E-state index is 13.4.